The van der Waals surface area contributed by atoms with E-state index in [1.807, 2.05) is 0 Å². The van der Waals surface area contributed by atoms with Gasteiger partial charge in [-0.25, -0.2) is 4.98 Å². The van der Waals surface area contributed by atoms with Crippen LogP contribution in [0.2, 0.25) is 0 Å². The standard InChI is InChI=1S/C12H17NO2/c1-9(2)6-7-15-12-5-4-11(8-13-12)10(3)14/h4-5,8-9H,6-7H2,1-3H3. The first-order valence-electron chi connectivity index (χ1n) is 5.19. The molecule has 0 fully saturated rings. The van der Waals surface area contributed by atoms with Crippen molar-refractivity contribution in [1.29, 1.82) is 0 Å². The molecule has 0 unspecified atom stereocenters. The zero-order valence-corrected chi connectivity index (χ0v) is 9.49. The third-order valence-corrected chi connectivity index (χ3v) is 2.09. The maximum atomic E-state index is 11.0. The molecular weight excluding hydrogens is 190 g/mol. The molecule has 1 rings (SSSR count). The van der Waals surface area contributed by atoms with Gasteiger partial charge < -0.3 is 4.74 Å². The van der Waals surface area contributed by atoms with Gasteiger partial charge in [-0.15, -0.1) is 0 Å². The van der Waals surface area contributed by atoms with E-state index in [4.69, 9.17) is 4.74 Å². The maximum absolute atomic E-state index is 11.0. The van der Waals surface area contributed by atoms with Crippen molar-refractivity contribution in [2.24, 2.45) is 5.92 Å². The van der Waals surface area contributed by atoms with Crippen LogP contribution in [0.3, 0.4) is 0 Å². The predicted molar refractivity (Wildman–Crippen MR) is 59.2 cm³/mol. The lowest BCUT2D eigenvalue weighted by molar-refractivity contribution is 0.101. The number of aromatic nitrogens is 1. The van der Waals surface area contributed by atoms with Gasteiger partial charge >= 0.3 is 0 Å². The molecule has 0 aliphatic rings. The summed E-state index contributed by atoms with van der Waals surface area (Å²) in [7, 11) is 0. The summed E-state index contributed by atoms with van der Waals surface area (Å²) in [5, 5.41) is 0. The molecule has 3 nitrogen and oxygen atoms in total. The molecule has 0 spiro atoms. The maximum Gasteiger partial charge on any atom is 0.213 e. The van der Waals surface area contributed by atoms with Crippen LogP contribution in [0, 0.1) is 5.92 Å². The molecular formula is C12H17NO2. The molecule has 0 aromatic carbocycles. The quantitative estimate of drug-likeness (QED) is 0.697. The van der Waals surface area contributed by atoms with Gasteiger partial charge in [0.05, 0.1) is 6.61 Å². The Kier molecular flexibility index (Phi) is 4.28. The second-order valence-corrected chi connectivity index (χ2v) is 3.97. The lowest BCUT2D eigenvalue weighted by Crippen LogP contribution is -2.03. The smallest absolute Gasteiger partial charge is 0.213 e. The van der Waals surface area contributed by atoms with Gasteiger partial charge in [-0.1, -0.05) is 13.8 Å². The highest BCUT2D eigenvalue weighted by Gasteiger charge is 2.01. The van der Waals surface area contributed by atoms with Crippen molar-refractivity contribution < 1.29 is 9.53 Å². The number of rotatable bonds is 5. The summed E-state index contributed by atoms with van der Waals surface area (Å²) < 4.78 is 5.43. The third-order valence-electron chi connectivity index (χ3n) is 2.09. The number of carbonyl (C=O) groups is 1. The largest absolute Gasteiger partial charge is 0.478 e. The molecule has 0 atom stereocenters. The molecule has 0 bridgehead atoms. The first-order valence-corrected chi connectivity index (χ1v) is 5.19. The molecule has 0 N–H and O–H groups in total. The number of pyridine rings is 1. The lowest BCUT2D eigenvalue weighted by atomic mass is 10.1. The van der Waals surface area contributed by atoms with Crippen LogP contribution >= 0.6 is 0 Å². The molecule has 15 heavy (non-hydrogen) atoms. The zero-order chi connectivity index (χ0) is 11.3. The van der Waals surface area contributed by atoms with Crippen LogP contribution in [0.1, 0.15) is 37.6 Å². The van der Waals surface area contributed by atoms with E-state index in [1.54, 1.807) is 18.3 Å². The molecule has 1 aromatic rings. The average molecular weight is 207 g/mol. The summed E-state index contributed by atoms with van der Waals surface area (Å²) in [5.74, 6) is 1.23. The van der Waals surface area contributed by atoms with Crippen molar-refractivity contribution in [1.82, 2.24) is 4.98 Å². The summed E-state index contributed by atoms with van der Waals surface area (Å²) in [4.78, 5) is 15.0. The topological polar surface area (TPSA) is 39.2 Å². The molecule has 1 aromatic heterocycles. The Morgan fingerprint density at radius 3 is 2.67 bits per heavy atom. The fourth-order valence-electron chi connectivity index (χ4n) is 1.07. The molecule has 0 aliphatic heterocycles. The van der Waals surface area contributed by atoms with Gasteiger partial charge in [0.2, 0.25) is 5.88 Å². The fourth-order valence-corrected chi connectivity index (χ4v) is 1.07. The molecule has 0 saturated carbocycles. The summed E-state index contributed by atoms with van der Waals surface area (Å²) >= 11 is 0. The minimum absolute atomic E-state index is 0.0243. The number of Topliss-reactive ketones (excluding diaryl/α,β-unsaturated/α-hetero) is 1. The normalized spacial score (nSPS) is 10.4. The van der Waals surface area contributed by atoms with E-state index in [9.17, 15) is 4.79 Å². The minimum Gasteiger partial charge on any atom is -0.478 e. The molecule has 0 radical (unpaired) electrons. The fraction of sp³-hybridized carbons (Fsp3) is 0.500. The number of hydrogen-bond donors (Lipinski definition) is 0. The average Bonchev–Trinajstić information content (AvgIpc) is 2.18. The first-order chi connectivity index (χ1) is 7.09. The van der Waals surface area contributed by atoms with E-state index in [1.165, 1.54) is 6.92 Å². The Balaban J connectivity index is 2.46. The van der Waals surface area contributed by atoms with Gasteiger partial charge in [-0.05, 0) is 25.3 Å². The summed E-state index contributed by atoms with van der Waals surface area (Å²) in [6.07, 6.45) is 2.56. The highest BCUT2D eigenvalue weighted by atomic mass is 16.5. The highest BCUT2D eigenvalue weighted by molar-refractivity contribution is 5.93. The van der Waals surface area contributed by atoms with E-state index in [2.05, 4.69) is 18.8 Å². The van der Waals surface area contributed by atoms with Gasteiger partial charge in [0.1, 0.15) is 0 Å². The summed E-state index contributed by atoms with van der Waals surface area (Å²) in [5.41, 5.74) is 0.617. The summed E-state index contributed by atoms with van der Waals surface area (Å²) in [6, 6.07) is 3.47. The molecule has 0 amide bonds. The Labute approximate surface area is 90.5 Å². The molecule has 0 aliphatic carbocycles. The molecule has 1 heterocycles. The van der Waals surface area contributed by atoms with Crippen LogP contribution in [-0.4, -0.2) is 17.4 Å². The third kappa shape index (κ3) is 4.11. The van der Waals surface area contributed by atoms with Gasteiger partial charge in [-0.3, -0.25) is 4.79 Å². The Hall–Kier alpha value is -1.38. The van der Waals surface area contributed by atoms with E-state index in [0.29, 0.717) is 24.0 Å². The number of hydrogen-bond acceptors (Lipinski definition) is 3. The summed E-state index contributed by atoms with van der Waals surface area (Å²) in [6.45, 7) is 6.49. The minimum atomic E-state index is 0.0243. The predicted octanol–water partition coefficient (Wildman–Crippen LogP) is 2.71. The first kappa shape index (κ1) is 11.7. The number of ketones is 1. The van der Waals surface area contributed by atoms with Crippen molar-refractivity contribution in [3.8, 4) is 5.88 Å². The monoisotopic (exact) mass is 207 g/mol. The lowest BCUT2D eigenvalue weighted by Gasteiger charge is -2.06. The van der Waals surface area contributed by atoms with Crippen LogP contribution in [-0.2, 0) is 0 Å². The van der Waals surface area contributed by atoms with Gasteiger partial charge in [0.15, 0.2) is 5.78 Å². The van der Waals surface area contributed by atoms with Gasteiger partial charge in [0.25, 0.3) is 0 Å². The highest BCUT2D eigenvalue weighted by Crippen LogP contribution is 2.09. The SMILES string of the molecule is CC(=O)c1ccc(OCCC(C)C)nc1. The van der Waals surface area contributed by atoms with Crippen molar-refractivity contribution in [3.05, 3.63) is 23.9 Å². The number of ether oxygens (including phenoxy) is 1. The van der Waals surface area contributed by atoms with Gasteiger partial charge in [-0.2, -0.15) is 0 Å². The van der Waals surface area contributed by atoms with E-state index < -0.39 is 0 Å². The Bertz CT molecular complexity index is 317. The van der Waals surface area contributed by atoms with Crippen molar-refractivity contribution in [2.45, 2.75) is 27.2 Å². The van der Waals surface area contributed by atoms with E-state index in [0.717, 1.165) is 6.42 Å². The van der Waals surface area contributed by atoms with Crippen LogP contribution in [0.5, 0.6) is 5.88 Å². The van der Waals surface area contributed by atoms with Crippen molar-refractivity contribution in [3.63, 3.8) is 0 Å². The second-order valence-electron chi connectivity index (χ2n) is 3.97. The van der Waals surface area contributed by atoms with Crippen LogP contribution in [0.15, 0.2) is 18.3 Å². The second kappa shape index (κ2) is 5.49. The molecule has 82 valence electrons. The van der Waals surface area contributed by atoms with Crippen LogP contribution in [0.4, 0.5) is 0 Å². The van der Waals surface area contributed by atoms with Crippen LogP contribution < -0.4 is 4.74 Å². The number of nitrogens with zero attached hydrogens (tertiary/aromatic N) is 1. The Morgan fingerprint density at radius 1 is 1.47 bits per heavy atom. The van der Waals surface area contributed by atoms with E-state index in [-0.39, 0.29) is 5.78 Å². The number of carbonyl (C=O) groups excluding carboxylic acids is 1. The zero-order valence-electron chi connectivity index (χ0n) is 9.49. The van der Waals surface area contributed by atoms with Crippen molar-refractivity contribution in [2.75, 3.05) is 6.61 Å². The van der Waals surface area contributed by atoms with Crippen molar-refractivity contribution >= 4 is 5.78 Å². The molecule has 3 heteroatoms. The van der Waals surface area contributed by atoms with Gasteiger partial charge in [0, 0.05) is 17.8 Å². The van der Waals surface area contributed by atoms with E-state index >= 15 is 0 Å². The van der Waals surface area contributed by atoms with Crippen LogP contribution in [0.25, 0.3) is 0 Å². The molecule has 0 saturated heterocycles. The Morgan fingerprint density at radius 2 is 2.20 bits per heavy atom.